The molecule has 2 aromatic rings. The summed E-state index contributed by atoms with van der Waals surface area (Å²) in [6, 6.07) is 8.25. The third kappa shape index (κ3) is 5.13. The van der Waals surface area contributed by atoms with E-state index in [0.29, 0.717) is 5.56 Å². The van der Waals surface area contributed by atoms with Crippen LogP contribution in [0.4, 0.5) is 8.78 Å². The monoisotopic (exact) mass is 410 g/mol. The SMILES string of the molecule is Cc1ccc(C(=O)NCCNC(=O)C(C)S(=O)(=O)c2ccc(F)cc2)cc1F. The molecular formula is C19H20F2N2O4S. The van der Waals surface area contributed by atoms with Crippen molar-refractivity contribution in [1.82, 2.24) is 10.6 Å². The number of hydrogen-bond acceptors (Lipinski definition) is 4. The van der Waals surface area contributed by atoms with Gasteiger partial charge in [-0.1, -0.05) is 6.07 Å². The van der Waals surface area contributed by atoms with Gasteiger partial charge in [0.2, 0.25) is 5.91 Å². The van der Waals surface area contributed by atoms with Crippen LogP contribution in [0.5, 0.6) is 0 Å². The van der Waals surface area contributed by atoms with E-state index in [4.69, 9.17) is 0 Å². The van der Waals surface area contributed by atoms with E-state index in [1.807, 2.05) is 0 Å². The number of nitrogens with one attached hydrogen (secondary N) is 2. The predicted octanol–water partition coefficient (Wildman–Crippen LogP) is 1.98. The van der Waals surface area contributed by atoms with Gasteiger partial charge < -0.3 is 10.6 Å². The van der Waals surface area contributed by atoms with Crippen molar-refractivity contribution in [2.75, 3.05) is 13.1 Å². The number of aryl methyl sites for hydroxylation is 1. The molecule has 2 aromatic carbocycles. The lowest BCUT2D eigenvalue weighted by Gasteiger charge is -2.14. The Morgan fingerprint density at radius 1 is 1.00 bits per heavy atom. The molecule has 1 atom stereocenters. The number of benzene rings is 2. The second kappa shape index (κ2) is 8.92. The summed E-state index contributed by atoms with van der Waals surface area (Å²) >= 11 is 0. The fourth-order valence-corrected chi connectivity index (χ4v) is 3.60. The molecule has 0 saturated carbocycles. The molecule has 0 spiro atoms. The van der Waals surface area contributed by atoms with Crippen molar-refractivity contribution in [3.8, 4) is 0 Å². The minimum atomic E-state index is -3.97. The molecule has 0 heterocycles. The van der Waals surface area contributed by atoms with E-state index in [0.717, 1.165) is 30.3 Å². The van der Waals surface area contributed by atoms with Crippen molar-refractivity contribution >= 4 is 21.7 Å². The lowest BCUT2D eigenvalue weighted by atomic mass is 10.1. The summed E-state index contributed by atoms with van der Waals surface area (Å²) in [7, 11) is -3.97. The molecule has 0 aliphatic rings. The third-order valence-electron chi connectivity index (χ3n) is 4.12. The Kier molecular flexibility index (Phi) is 6.85. The summed E-state index contributed by atoms with van der Waals surface area (Å²) in [5.41, 5.74) is 0.557. The van der Waals surface area contributed by atoms with Gasteiger partial charge in [-0.2, -0.15) is 0 Å². The van der Waals surface area contributed by atoms with Gasteiger partial charge in [-0.3, -0.25) is 9.59 Å². The summed E-state index contributed by atoms with van der Waals surface area (Å²) in [4.78, 5) is 23.9. The van der Waals surface area contributed by atoms with E-state index in [1.54, 1.807) is 6.92 Å². The summed E-state index contributed by atoms with van der Waals surface area (Å²) < 4.78 is 51.2. The van der Waals surface area contributed by atoms with Crippen LogP contribution in [0.15, 0.2) is 47.4 Å². The Labute approximate surface area is 161 Å². The first-order valence-electron chi connectivity index (χ1n) is 8.44. The molecule has 0 bridgehead atoms. The fourth-order valence-electron chi connectivity index (χ4n) is 2.31. The minimum absolute atomic E-state index is 0.0117. The molecule has 9 heteroatoms. The van der Waals surface area contributed by atoms with Crippen LogP contribution >= 0.6 is 0 Å². The number of hydrogen-bond donors (Lipinski definition) is 2. The summed E-state index contributed by atoms with van der Waals surface area (Å²) in [5, 5.41) is 3.53. The van der Waals surface area contributed by atoms with Crippen molar-refractivity contribution in [2.45, 2.75) is 24.0 Å². The second-order valence-corrected chi connectivity index (χ2v) is 8.42. The van der Waals surface area contributed by atoms with E-state index in [9.17, 15) is 26.8 Å². The first-order chi connectivity index (χ1) is 13.1. The number of sulfone groups is 1. The zero-order valence-electron chi connectivity index (χ0n) is 15.3. The van der Waals surface area contributed by atoms with Crippen molar-refractivity contribution in [3.63, 3.8) is 0 Å². The molecule has 28 heavy (non-hydrogen) atoms. The largest absolute Gasteiger partial charge is 0.353 e. The van der Waals surface area contributed by atoms with Crippen molar-refractivity contribution < 1.29 is 26.8 Å². The highest BCUT2D eigenvalue weighted by molar-refractivity contribution is 7.92. The van der Waals surface area contributed by atoms with Crippen LogP contribution in [0.25, 0.3) is 0 Å². The van der Waals surface area contributed by atoms with E-state index in [-0.39, 0.29) is 23.5 Å². The average Bonchev–Trinajstić information content (AvgIpc) is 2.66. The van der Waals surface area contributed by atoms with Gasteiger partial charge in [-0.15, -0.1) is 0 Å². The smallest absolute Gasteiger partial charge is 0.251 e. The molecule has 1 unspecified atom stereocenters. The molecule has 0 radical (unpaired) electrons. The van der Waals surface area contributed by atoms with Crippen LogP contribution in [-0.2, 0) is 14.6 Å². The highest BCUT2D eigenvalue weighted by Crippen LogP contribution is 2.16. The number of amides is 2. The third-order valence-corrected chi connectivity index (χ3v) is 6.19. The van der Waals surface area contributed by atoms with Gasteiger partial charge in [0.1, 0.15) is 16.9 Å². The highest BCUT2D eigenvalue weighted by atomic mass is 32.2. The quantitative estimate of drug-likeness (QED) is 0.539. The first-order valence-corrected chi connectivity index (χ1v) is 9.99. The van der Waals surface area contributed by atoms with E-state index < -0.39 is 38.5 Å². The Bertz CT molecular complexity index is 976. The lowest BCUT2D eigenvalue weighted by molar-refractivity contribution is -0.120. The Morgan fingerprint density at radius 3 is 2.21 bits per heavy atom. The van der Waals surface area contributed by atoms with Crippen LogP contribution in [0.2, 0.25) is 0 Å². The molecule has 0 saturated heterocycles. The zero-order chi connectivity index (χ0) is 20.9. The Hall–Kier alpha value is -2.81. The van der Waals surface area contributed by atoms with Gasteiger partial charge in [-0.25, -0.2) is 17.2 Å². The second-order valence-electron chi connectivity index (χ2n) is 6.15. The normalized spacial score (nSPS) is 12.3. The molecule has 2 N–H and O–H groups in total. The predicted molar refractivity (Wildman–Crippen MR) is 99.5 cm³/mol. The van der Waals surface area contributed by atoms with E-state index >= 15 is 0 Å². The maximum absolute atomic E-state index is 13.5. The van der Waals surface area contributed by atoms with Crippen LogP contribution in [0.1, 0.15) is 22.8 Å². The van der Waals surface area contributed by atoms with E-state index in [1.165, 1.54) is 19.1 Å². The maximum atomic E-state index is 13.5. The highest BCUT2D eigenvalue weighted by Gasteiger charge is 2.29. The number of carbonyl (C=O) groups is 2. The molecule has 2 amide bonds. The first kappa shape index (κ1) is 21.5. The Balaban J connectivity index is 1.86. The van der Waals surface area contributed by atoms with Crippen LogP contribution < -0.4 is 10.6 Å². The van der Waals surface area contributed by atoms with Gasteiger partial charge >= 0.3 is 0 Å². The Morgan fingerprint density at radius 2 is 1.61 bits per heavy atom. The van der Waals surface area contributed by atoms with Crippen LogP contribution in [0.3, 0.4) is 0 Å². The fraction of sp³-hybridized carbons (Fsp3) is 0.263. The molecule has 0 aliphatic heterocycles. The summed E-state index contributed by atoms with van der Waals surface area (Å²) in [6.07, 6.45) is 0. The van der Waals surface area contributed by atoms with Crippen molar-refractivity contribution in [1.29, 1.82) is 0 Å². The van der Waals surface area contributed by atoms with E-state index in [2.05, 4.69) is 10.6 Å². The van der Waals surface area contributed by atoms with Gasteiger partial charge in [0.05, 0.1) is 4.90 Å². The molecule has 6 nitrogen and oxygen atoms in total. The molecule has 0 aliphatic carbocycles. The topological polar surface area (TPSA) is 92.3 Å². The van der Waals surface area contributed by atoms with Crippen LogP contribution in [0, 0.1) is 18.6 Å². The molecular weight excluding hydrogens is 390 g/mol. The summed E-state index contributed by atoms with van der Waals surface area (Å²) in [5.74, 6) is -2.35. The molecule has 150 valence electrons. The van der Waals surface area contributed by atoms with Crippen molar-refractivity contribution in [2.24, 2.45) is 0 Å². The number of halogens is 2. The number of rotatable bonds is 7. The lowest BCUT2D eigenvalue weighted by Crippen LogP contribution is -2.41. The molecule has 0 fully saturated rings. The van der Waals surface area contributed by atoms with Crippen LogP contribution in [-0.4, -0.2) is 38.6 Å². The van der Waals surface area contributed by atoms with Crippen molar-refractivity contribution in [3.05, 3.63) is 65.2 Å². The summed E-state index contributed by atoms with van der Waals surface area (Å²) in [6.45, 7) is 2.82. The zero-order valence-corrected chi connectivity index (χ0v) is 16.1. The van der Waals surface area contributed by atoms with Gasteiger partial charge in [0.15, 0.2) is 9.84 Å². The van der Waals surface area contributed by atoms with Gasteiger partial charge in [0.25, 0.3) is 5.91 Å². The van der Waals surface area contributed by atoms with Gasteiger partial charge in [-0.05, 0) is 55.8 Å². The van der Waals surface area contributed by atoms with Gasteiger partial charge in [0, 0.05) is 18.7 Å². The molecule has 0 aromatic heterocycles. The number of carbonyl (C=O) groups excluding carboxylic acids is 2. The average molecular weight is 410 g/mol. The maximum Gasteiger partial charge on any atom is 0.251 e. The molecule has 2 rings (SSSR count). The standard InChI is InChI=1S/C19H20F2N2O4S/c1-12-3-4-14(11-17(12)21)19(25)23-10-9-22-18(24)13(2)28(26,27)16-7-5-15(20)6-8-16/h3-8,11,13H,9-10H2,1-2H3,(H,22,24)(H,23,25). The minimum Gasteiger partial charge on any atom is -0.353 e.